The predicted molar refractivity (Wildman–Crippen MR) is 103 cm³/mol. The van der Waals surface area contributed by atoms with Gasteiger partial charge in [0.1, 0.15) is 11.3 Å². The Labute approximate surface area is 158 Å². The first kappa shape index (κ1) is 19.2. The van der Waals surface area contributed by atoms with E-state index >= 15 is 0 Å². The average molecular weight is 389 g/mol. The minimum atomic E-state index is -1.51. The van der Waals surface area contributed by atoms with Crippen LogP contribution in [0.4, 0.5) is 0 Å². The number of carbonyl (C=O) groups is 1. The molecule has 1 aromatic heterocycles. The molecule has 142 valence electrons. The SMILES string of the molecule is O=C(COc1cccc2c(=O)c3ccccc3sc12)NC(CO)(CO)CO. The zero-order chi connectivity index (χ0) is 19.4. The van der Waals surface area contributed by atoms with Gasteiger partial charge in [-0.2, -0.15) is 0 Å². The van der Waals surface area contributed by atoms with Crippen LogP contribution in [0.15, 0.2) is 47.3 Å². The van der Waals surface area contributed by atoms with Crippen LogP contribution in [0, 0.1) is 0 Å². The van der Waals surface area contributed by atoms with Gasteiger partial charge in [0, 0.05) is 15.5 Å². The lowest BCUT2D eigenvalue weighted by atomic mass is 10.0. The maximum atomic E-state index is 12.7. The van der Waals surface area contributed by atoms with Gasteiger partial charge >= 0.3 is 0 Å². The molecule has 7 nitrogen and oxygen atoms in total. The number of aliphatic hydroxyl groups excluding tert-OH is 3. The molecule has 0 unspecified atom stereocenters. The van der Waals surface area contributed by atoms with Gasteiger partial charge in [0.05, 0.1) is 24.5 Å². The fourth-order valence-corrected chi connectivity index (χ4v) is 3.79. The van der Waals surface area contributed by atoms with Crippen molar-refractivity contribution >= 4 is 37.4 Å². The summed E-state index contributed by atoms with van der Waals surface area (Å²) in [5.74, 6) is -0.226. The smallest absolute Gasteiger partial charge is 0.258 e. The summed E-state index contributed by atoms with van der Waals surface area (Å²) in [7, 11) is 0. The Hall–Kier alpha value is -2.52. The van der Waals surface area contributed by atoms with Crippen LogP contribution in [-0.4, -0.2) is 53.2 Å². The maximum Gasteiger partial charge on any atom is 0.258 e. The number of carbonyl (C=O) groups excluding carboxylic acids is 1. The molecule has 27 heavy (non-hydrogen) atoms. The third kappa shape index (κ3) is 3.79. The number of nitrogens with one attached hydrogen (secondary N) is 1. The van der Waals surface area contributed by atoms with Gasteiger partial charge < -0.3 is 25.4 Å². The Morgan fingerprint density at radius 2 is 1.67 bits per heavy atom. The zero-order valence-electron chi connectivity index (χ0n) is 14.3. The molecule has 0 atom stereocenters. The molecule has 0 aliphatic heterocycles. The number of benzene rings is 2. The molecule has 8 heteroatoms. The van der Waals surface area contributed by atoms with Crippen molar-refractivity contribution in [3.8, 4) is 5.75 Å². The Kier molecular flexibility index (Phi) is 5.71. The van der Waals surface area contributed by atoms with E-state index < -0.39 is 37.9 Å². The van der Waals surface area contributed by atoms with Crippen molar-refractivity contribution in [3.63, 3.8) is 0 Å². The Morgan fingerprint density at radius 1 is 1.00 bits per heavy atom. The number of aliphatic hydroxyl groups is 3. The van der Waals surface area contributed by atoms with Gasteiger partial charge in [0.2, 0.25) is 0 Å². The highest BCUT2D eigenvalue weighted by atomic mass is 32.1. The van der Waals surface area contributed by atoms with E-state index in [0.29, 0.717) is 21.2 Å². The van der Waals surface area contributed by atoms with E-state index in [1.807, 2.05) is 18.2 Å². The largest absolute Gasteiger partial charge is 0.482 e. The number of hydrogen-bond donors (Lipinski definition) is 4. The Balaban J connectivity index is 1.87. The highest BCUT2D eigenvalue weighted by Crippen LogP contribution is 2.31. The molecule has 0 aliphatic carbocycles. The van der Waals surface area contributed by atoms with Crippen LogP contribution in [0.1, 0.15) is 0 Å². The second kappa shape index (κ2) is 8.01. The summed E-state index contributed by atoms with van der Waals surface area (Å²) in [5.41, 5.74) is -1.62. The predicted octanol–water partition coefficient (Wildman–Crippen LogP) is 0.625. The molecule has 0 saturated carbocycles. The van der Waals surface area contributed by atoms with E-state index in [-0.39, 0.29) is 5.43 Å². The number of amides is 1. The molecule has 2 aromatic carbocycles. The summed E-state index contributed by atoms with van der Waals surface area (Å²) < 4.78 is 7.03. The van der Waals surface area contributed by atoms with Crippen LogP contribution >= 0.6 is 11.3 Å². The quantitative estimate of drug-likeness (QED) is 0.441. The third-order valence-corrected chi connectivity index (χ3v) is 5.44. The van der Waals surface area contributed by atoms with E-state index in [2.05, 4.69) is 5.32 Å². The van der Waals surface area contributed by atoms with Gasteiger partial charge in [-0.25, -0.2) is 0 Å². The summed E-state index contributed by atoms with van der Waals surface area (Å²) in [6.07, 6.45) is 0. The molecule has 4 N–H and O–H groups in total. The average Bonchev–Trinajstić information content (AvgIpc) is 2.71. The molecule has 3 rings (SSSR count). The molecule has 0 aliphatic rings. The number of fused-ring (bicyclic) bond motifs is 2. The summed E-state index contributed by atoms with van der Waals surface area (Å²) in [4.78, 5) is 24.8. The highest BCUT2D eigenvalue weighted by molar-refractivity contribution is 7.24. The molecule has 1 amide bonds. The minimum absolute atomic E-state index is 0.103. The normalized spacial score (nSPS) is 11.7. The second-order valence-electron chi connectivity index (χ2n) is 6.15. The molecule has 0 bridgehead atoms. The molecule has 3 aromatic rings. The first-order valence-corrected chi connectivity index (χ1v) is 9.06. The van der Waals surface area contributed by atoms with Gasteiger partial charge in [0.15, 0.2) is 12.0 Å². The van der Waals surface area contributed by atoms with Crippen LogP contribution in [0.25, 0.3) is 20.2 Å². The van der Waals surface area contributed by atoms with Gasteiger partial charge in [0.25, 0.3) is 5.91 Å². The van der Waals surface area contributed by atoms with E-state index in [1.165, 1.54) is 11.3 Å². The fourth-order valence-electron chi connectivity index (χ4n) is 2.66. The van der Waals surface area contributed by atoms with Crippen LogP contribution < -0.4 is 15.5 Å². The summed E-state index contributed by atoms with van der Waals surface area (Å²) in [5, 5.41) is 31.3. The molecule has 0 radical (unpaired) electrons. The first-order chi connectivity index (χ1) is 13.0. The van der Waals surface area contributed by atoms with Crippen LogP contribution in [0.3, 0.4) is 0 Å². The van der Waals surface area contributed by atoms with Crippen LogP contribution in [0.2, 0.25) is 0 Å². The molecule has 0 saturated heterocycles. The van der Waals surface area contributed by atoms with E-state index in [1.54, 1.807) is 24.3 Å². The molecular weight excluding hydrogens is 370 g/mol. The highest BCUT2D eigenvalue weighted by Gasteiger charge is 2.30. The van der Waals surface area contributed by atoms with Gasteiger partial charge in [-0.1, -0.05) is 18.2 Å². The molecule has 1 heterocycles. The van der Waals surface area contributed by atoms with Crippen LogP contribution in [-0.2, 0) is 4.79 Å². The lowest BCUT2D eigenvalue weighted by Gasteiger charge is -2.28. The summed E-state index contributed by atoms with van der Waals surface area (Å²) >= 11 is 1.39. The van der Waals surface area contributed by atoms with Crippen LogP contribution in [0.5, 0.6) is 5.75 Å². The summed E-state index contributed by atoms with van der Waals surface area (Å²) in [6, 6.07) is 12.3. The van der Waals surface area contributed by atoms with Gasteiger partial charge in [-0.05, 0) is 24.3 Å². The molecule has 0 fully saturated rings. The lowest BCUT2D eigenvalue weighted by molar-refractivity contribution is -0.127. The topological polar surface area (TPSA) is 116 Å². The van der Waals surface area contributed by atoms with E-state index in [0.717, 1.165) is 4.70 Å². The van der Waals surface area contributed by atoms with Crippen molar-refractivity contribution in [1.82, 2.24) is 5.32 Å². The molecular formula is C19H19NO6S. The minimum Gasteiger partial charge on any atom is -0.482 e. The van der Waals surface area contributed by atoms with Crippen molar-refractivity contribution in [2.45, 2.75) is 5.54 Å². The summed E-state index contributed by atoms with van der Waals surface area (Å²) in [6.45, 7) is -2.25. The number of hydrogen-bond acceptors (Lipinski definition) is 7. The number of rotatable bonds is 7. The molecule has 0 spiro atoms. The first-order valence-electron chi connectivity index (χ1n) is 8.24. The van der Waals surface area contributed by atoms with Crippen molar-refractivity contribution in [2.24, 2.45) is 0 Å². The Bertz CT molecular complexity index is 1020. The number of ether oxygens (including phenoxy) is 1. The lowest BCUT2D eigenvalue weighted by Crippen LogP contribution is -2.58. The van der Waals surface area contributed by atoms with Gasteiger partial charge in [-0.3, -0.25) is 9.59 Å². The zero-order valence-corrected chi connectivity index (χ0v) is 15.2. The third-order valence-electron chi connectivity index (χ3n) is 4.24. The van der Waals surface area contributed by atoms with Crippen molar-refractivity contribution in [1.29, 1.82) is 0 Å². The van der Waals surface area contributed by atoms with Crippen molar-refractivity contribution < 1.29 is 24.9 Å². The maximum absolute atomic E-state index is 12.7. The van der Waals surface area contributed by atoms with E-state index in [4.69, 9.17) is 4.74 Å². The standard InChI is InChI=1S/C19H19NO6S/c21-9-19(10-22,11-23)20-16(24)8-26-14-6-3-5-13-17(25)12-4-1-2-7-15(12)27-18(13)14/h1-7,21-23H,8-11H2,(H,20,24). The second-order valence-corrected chi connectivity index (χ2v) is 7.20. The monoisotopic (exact) mass is 389 g/mol. The van der Waals surface area contributed by atoms with Gasteiger partial charge in [-0.15, -0.1) is 11.3 Å². The van der Waals surface area contributed by atoms with Crippen molar-refractivity contribution in [3.05, 3.63) is 52.7 Å². The van der Waals surface area contributed by atoms with Crippen molar-refractivity contribution in [2.75, 3.05) is 26.4 Å². The fraction of sp³-hybridized carbons (Fsp3) is 0.263. The Morgan fingerprint density at radius 3 is 2.37 bits per heavy atom. The van der Waals surface area contributed by atoms with E-state index in [9.17, 15) is 24.9 Å².